The standard InChI is InChI=1S/C22H16F3N3O4S/c23-22(24,25)18-11-19(29)26-14-7-1-2-8-15(14)28(18)20(30)12-27-16-9-3-5-13-6-4-10-17(21(13)16)33(27,31)32/h1-10,18H,11-12H2,(H,26,29). The number of nitrogens with zero attached hydrogens (tertiary/aromatic N) is 2. The molecule has 2 aliphatic heterocycles. The van der Waals surface area contributed by atoms with Gasteiger partial charge in [0, 0.05) is 5.39 Å². The Morgan fingerprint density at radius 1 is 1.00 bits per heavy atom. The first-order valence-electron chi connectivity index (χ1n) is 9.91. The van der Waals surface area contributed by atoms with Crippen LogP contribution in [0.5, 0.6) is 0 Å². The van der Waals surface area contributed by atoms with Gasteiger partial charge in [0.05, 0.1) is 28.4 Å². The number of para-hydroxylation sites is 2. The van der Waals surface area contributed by atoms with Gasteiger partial charge in [0.15, 0.2) is 0 Å². The second-order valence-electron chi connectivity index (χ2n) is 7.73. The summed E-state index contributed by atoms with van der Waals surface area (Å²) in [7, 11) is -4.16. The highest BCUT2D eigenvalue weighted by Gasteiger charge is 2.50. The van der Waals surface area contributed by atoms with Crippen molar-refractivity contribution >= 4 is 49.7 Å². The van der Waals surface area contributed by atoms with Crippen LogP contribution in [0, 0.1) is 0 Å². The summed E-state index contributed by atoms with van der Waals surface area (Å²) in [6.07, 6.45) is -5.93. The zero-order valence-electron chi connectivity index (χ0n) is 16.8. The molecule has 2 amide bonds. The molecule has 0 saturated heterocycles. The molecule has 0 fully saturated rings. The largest absolute Gasteiger partial charge is 0.409 e. The van der Waals surface area contributed by atoms with Crippen molar-refractivity contribution in [2.45, 2.75) is 23.5 Å². The number of anilines is 3. The molecule has 0 spiro atoms. The first kappa shape index (κ1) is 21.3. The summed E-state index contributed by atoms with van der Waals surface area (Å²) in [5.74, 6) is -2.00. The van der Waals surface area contributed by atoms with Crippen LogP contribution in [0.4, 0.5) is 30.2 Å². The van der Waals surface area contributed by atoms with Crippen molar-refractivity contribution in [3.8, 4) is 0 Å². The molecule has 1 atom stereocenters. The Morgan fingerprint density at radius 3 is 2.39 bits per heavy atom. The summed E-state index contributed by atoms with van der Waals surface area (Å²) in [6, 6.07) is 12.7. The Morgan fingerprint density at radius 2 is 1.67 bits per heavy atom. The highest BCUT2D eigenvalue weighted by atomic mass is 32.2. The zero-order valence-corrected chi connectivity index (χ0v) is 17.7. The number of alkyl halides is 3. The fourth-order valence-corrected chi connectivity index (χ4v) is 5.98. The number of benzene rings is 3. The fourth-order valence-electron chi connectivity index (χ4n) is 4.32. The highest BCUT2D eigenvalue weighted by molar-refractivity contribution is 7.93. The number of hydrogen-bond donors (Lipinski definition) is 1. The Bertz CT molecular complexity index is 1420. The molecule has 7 nitrogen and oxygen atoms in total. The first-order chi connectivity index (χ1) is 15.6. The maximum Gasteiger partial charge on any atom is 0.409 e. The number of nitrogens with one attached hydrogen (secondary N) is 1. The van der Waals surface area contributed by atoms with Crippen molar-refractivity contribution in [1.29, 1.82) is 0 Å². The average Bonchev–Trinajstić information content (AvgIpc) is 2.88. The number of sulfonamides is 1. The molecule has 1 N–H and O–H groups in total. The average molecular weight is 475 g/mol. The van der Waals surface area contributed by atoms with E-state index in [2.05, 4.69) is 5.32 Å². The van der Waals surface area contributed by atoms with Gasteiger partial charge in [0.2, 0.25) is 11.8 Å². The van der Waals surface area contributed by atoms with Crippen LogP contribution in [-0.2, 0) is 19.6 Å². The van der Waals surface area contributed by atoms with Gasteiger partial charge >= 0.3 is 6.18 Å². The van der Waals surface area contributed by atoms with Crippen molar-refractivity contribution < 1.29 is 31.2 Å². The highest BCUT2D eigenvalue weighted by Crippen LogP contribution is 2.43. The lowest BCUT2D eigenvalue weighted by Crippen LogP contribution is -2.52. The Hall–Kier alpha value is -3.60. The zero-order chi connectivity index (χ0) is 23.5. The minimum Gasteiger partial charge on any atom is -0.324 e. The van der Waals surface area contributed by atoms with Crippen LogP contribution < -0.4 is 14.5 Å². The van der Waals surface area contributed by atoms with Crippen molar-refractivity contribution in [1.82, 2.24) is 0 Å². The molecule has 0 aliphatic carbocycles. The van der Waals surface area contributed by atoms with E-state index in [1.807, 2.05) is 0 Å². The number of carbonyl (C=O) groups excluding carboxylic acids is 2. The van der Waals surface area contributed by atoms with Gasteiger partial charge in [-0.25, -0.2) is 8.42 Å². The van der Waals surface area contributed by atoms with Crippen LogP contribution in [0.2, 0.25) is 0 Å². The molecular formula is C22H16F3N3O4S. The third kappa shape index (κ3) is 3.30. The van der Waals surface area contributed by atoms with Crippen LogP contribution >= 0.6 is 0 Å². The van der Waals surface area contributed by atoms with Crippen LogP contribution in [0.15, 0.2) is 65.6 Å². The Balaban J connectivity index is 1.60. The number of hydrogen-bond acceptors (Lipinski definition) is 4. The summed E-state index contributed by atoms with van der Waals surface area (Å²) in [6.45, 7) is -0.856. The van der Waals surface area contributed by atoms with Gasteiger partial charge in [0.25, 0.3) is 10.0 Å². The van der Waals surface area contributed by atoms with E-state index in [1.54, 1.807) is 24.3 Å². The number of amides is 2. The van der Waals surface area contributed by atoms with Crippen molar-refractivity contribution in [3.05, 3.63) is 60.7 Å². The van der Waals surface area contributed by atoms with Gasteiger partial charge in [-0.2, -0.15) is 13.2 Å². The number of halogens is 3. The van der Waals surface area contributed by atoms with E-state index in [4.69, 9.17) is 0 Å². The lowest BCUT2D eigenvalue weighted by Gasteiger charge is -2.33. The molecule has 2 heterocycles. The number of fused-ring (bicyclic) bond motifs is 1. The third-order valence-electron chi connectivity index (χ3n) is 5.73. The molecule has 11 heteroatoms. The number of rotatable bonds is 2. The smallest absolute Gasteiger partial charge is 0.324 e. The molecule has 33 heavy (non-hydrogen) atoms. The second-order valence-corrected chi connectivity index (χ2v) is 9.56. The predicted molar refractivity (Wildman–Crippen MR) is 115 cm³/mol. The van der Waals surface area contributed by atoms with Gasteiger partial charge in [-0.15, -0.1) is 0 Å². The minimum atomic E-state index is -4.92. The molecule has 3 aromatic rings. The monoisotopic (exact) mass is 475 g/mol. The van der Waals surface area contributed by atoms with Gasteiger partial charge in [-0.1, -0.05) is 36.4 Å². The normalized spacial score (nSPS) is 19.2. The van der Waals surface area contributed by atoms with Gasteiger partial charge < -0.3 is 5.32 Å². The molecule has 2 aliphatic rings. The van der Waals surface area contributed by atoms with E-state index in [-0.39, 0.29) is 22.0 Å². The van der Waals surface area contributed by atoms with Crippen LogP contribution in [0.25, 0.3) is 10.8 Å². The van der Waals surface area contributed by atoms with Crippen LogP contribution in [0.1, 0.15) is 6.42 Å². The van der Waals surface area contributed by atoms with E-state index >= 15 is 0 Å². The lowest BCUT2D eigenvalue weighted by molar-refractivity contribution is -0.157. The summed E-state index contributed by atoms with van der Waals surface area (Å²) < 4.78 is 69.1. The summed E-state index contributed by atoms with van der Waals surface area (Å²) >= 11 is 0. The van der Waals surface area contributed by atoms with Crippen molar-refractivity contribution in [3.63, 3.8) is 0 Å². The van der Waals surface area contributed by atoms with Gasteiger partial charge in [-0.3, -0.25) is 18.8 Å². The minimum absolute atomic E-state index is 0.0103. The van der Waals surface area contributed by atoms with E-state index in [0.717, 1.165) is 4.31 Å². The Labute approximate surface area is 186 Å². The predicted octanol–water partition coefficient (Wildman–Crippen LogP) is 3.65. The second kappa shape index (κ2) is 7.20. The SMILES string of the molecule is O=C1CC(C(F)(F)F)N(C(=O)CN2c3cccc4cccc(c34)S2(=O)=O)c2ccccc2N1. The molecule has 170 valence electrons. The third-order valence-corrected chi connectivity index (χ3v) is 7.54. The van der Waals surface area contributed by atoms with Gasteiger partial charge in [0.1, 0.15) is 12.6 Å². The summed E-state index contributed by atoms with van der Waals surface area (Å²) in [5.41, 5.74) is 0.109. The van der Waals surface area contributed by atoms with Gasteiger partial charge in [-0.05, 0) is 29.7 Å². The molecule has 0 aromatic heterocycles. The van der Waals surface area contributed by atoms with E-state index in [1.165, 1.54) is 36.4 Å². The van der Waals surface area contributed by atoms with Crippen LogP contribution in [-0.4, -0.2) is 39.0 Å². The molecule has 1 unspecified atom stereocenters. The summed E-state index contributed by atoms with van der Waals surface area (Å²) in [5, 5.41) is 3.43. The molecular weight excluding hydrogens is 459 g/mol. The molecule has 0 saturated carbocycles. The topological polar surface area (TPSA) is 86.8 Å². The van der Waals surface area contributed by atoms with Crippen molar-refractivity contribution in [2.24, 2.45) is 0 Å². The van der Waals surface area contributed by atoms with Crippen molar-refractivity contribution in [2.75, 3.05) is 21.1 Å². The Kier molecular flexibility index (Phi) is 4.64. The summed E-state index contributed by atoms with van der Waals surface area (Å²) in [4.78, 5) is 26.0. The number of carbonyl (C=O) groups is 2. The van der Waals surface area contributed by atoms with E-state index in [9.17, 15) is 31.2 Å². The molecule has 0 radical (unpaired) electrons. The molecule has 0 bridgehead atoms. The molecule has 5 rings (SSSR count). The lowest BCUT2D eigenvalue weighted by atomic mass is 10.1. The van der Waals surface area contributed by atoms with Crippen LogP contribution in [0.3, 0.4) is 0 Å². The quantitative estimate of drug-likeness (QED) is 0.613. The maximum absolute atomic E-state index is 14.0. The van der Waals surface area contributed by atoms with E-state index < -0.39 is 47.0 Å². The molecule has 3 aromatic carbocycles. The fraction of sp³-hybridized carbons (Fsp3) is 0.182. The maximum atomic E-state index is 14.0. The first-order valence-corrected chi connectivity index (χ1v) is 11.3. The van der Waals surface area contributed by atoms with E-state index in [0.29, 0.717) is 15.7 Å².